The van der Waals surface area contributed by atoms with Crippen LogP contribution in [0.5, 0.6) is 0 Å². The summed E-state index contributed by atoms with van der Waals surface area (Å²) in [6.07, 6.45) is 0.853. The second-order valence-electron chi connectivity index (χ2n) is 5.02. The van der Waals surface area contributed by atoms with Gasteiger partial charge in [-0.05, 0) is 25.5 Å². The van der Waals surface area contributed by atoms with E-state index in [1.165, 1.54) is 7.11 Å². The standard InChI is InChI=1S/C14H21N3O3/c1-9-6-10(7-12(16-9)14(18)20-3)17-5-4-11(15)13(8-17)19-2/h6-7,11,13H,4-5,8,15H2,1-3H3/t11-,13+/m1/s1. The fraction of sp³-hybridized carbons (Fsp3) is 0.571. The van der Waals surface area contributed by atoms with Crippen molar-refractivity contribution in [2.45, 2.75) is 25.5 Å². The SMILES string of the molecule is COC(=O)c1cc(N2CC[C@@H](N)[C@@H](OC)C2)cc(C)n1. The van der Waals surface area contributed by atoms with Crippen LogP contribution in [0.4, 0.5) is 5.69 Å². The number of nitrogens with zero attached hydrogens (tertiary/aromatic N) is 2. The quantitative estimate of drug-likeness (QED) is 0.822. The number of piperidine rings is 1. The van der Waals surface area contributed by atoms with E-state index < -0.39 is 5.97 Å². The number of carbonyl (C=O) groups excluding carboxylic acids is 1. The molecule has 0 bridgehead atoms. The molecule has 0 radical (unpaired) electrons. The van der Waals surface area contributed by atoms with Crippen LogP contribution in [0.15, 0.2) is 12.1 Å². The fourth-order valence-electron chi connectivity index (χ4n) is 2.46. The number of aromatic nitrogens is 1. The Morgan fingerprint density at radius 1 is 1.45 bits per heavy atom. The average molecular weight is 279 g/mol. The number of carbonyl (C=O) groups is 1. The van der Waals surface area contributed by atoms with Gasteiger partial charge in [0.05, 0.1) is 13.2 Å². The summed E-state index contributed by atoms with van der Waals surface area (Å²) in [5, 5.41) is 0. The molecule has 2 rings (SSSR count). The van der Waals surface area contributed by atoms with E-state index in [-0.39, 0.29) is 12.1 Å². The molecule has 6 heteroatoms. The van der Waals surface area contributed by atoms with Crippen molar-refractivity contribution < 1.29 is 14.3 Å². The fourth-order valence-corrected chi connectivity index (χ4v) is 2.46. The van der Waals surface area contributed by atoms with Crippen molar-refractivity contribution in [3.05, 3.63) is 23.5 Å². The van der Waals surface area contributed by atoms with Crippen molar-refractivity contribution >= 4 is 11.7 Å². The van der Waals surface area contributed by atoms with Crippen LogP contribution in [-0.2, 0) is 9.47 Å². The zero-order chi connectivity index (χ0) is 14.7. The first-order valence-corrected chi connectivity index (χ1v) is 6.65. The zero-order valence-electron chi connectivity index (χ0n) is 12.1. The van der Waals surface area contributed by atoms with Crippen LogP contribution in [0.3, 0.4) is 0 Å². The Morgan fingerprint density at radius 3 is 2.85 bits per heavy atom. The molecular weight excluding hydrogens is 258 g/mol. The Balaban J connectivity index is 2.24. The summed E-state index contributed by atoms with van der Waals surface area (Å²) in [6, 6.07) is 3.76. The number of rotatable bonds is 3. The molecule has 2 N–H and O–H groups in total. The Morgan fingerprint density at radius 2 is 2.20 bits per heavy atom. The third-order valence-electron chi connectivity index (χ3n) is 3.61. The summed E-state index contributed by atoms with van der Waals surface area (Å²) < 4.78 is 10.1. The summed E-state index contributed by atoms with van der Waals surface area (Å²) in [5.41, 5.74) is 8.08. The molecule has 0 aliphatic carbocycles. The number of nitrogens with two attached hydrogens (primary N) is 1. The smallest absolute Gasteiger partial charge is 0.356 e. The lowest BCUT2D eigenvalue weighted by Crippen LogP contribution is -2.51. The van der Waals surface area contributed by atoms with Crippen LogP contribution in [0.25, 0.3) is 0 Å². The van der Waals surface area contributed by atoms with Crippen molar-refractivity contribution in [1.82, 2.24) is 4.98 Å². The van der Waals surface area contributed by atoms with Crippen molar-refractivity contribution in [3.8, 4) is 0 Å². The van der Waals surface area contributed by atoms with Crippen molar-refractivity contribution in [2.75, 3.05) is 32.2 Å². The molecule has 110 valence electrons. The lowest BCUT2D eigenvalue weighted by Gasteiger charge is -2.37. The predicted molar refractivity (Wildman–Crippen MR) is 75.9 cm³/mol. The second kappa shape index (κ2) is 6.19. The summed E-state index contributed by atoms with van der Waals surface area (Å²) in [5.74, 6) is -0.424. The molecule has 0 amide bonds. The van der Waals surface area contributed by atoms with E-state index in [2.05, 4.69) is 9.88 Å². The average Bonchev–Trinajstić information content (AvgIpc) is 2.46. The molecule has 2 heterocycles. The van der Waals surface area contributed by atoms with Gasteiger partial charge in [0.1, 0.15) is 0 Å². The minimum atomic E-state index is -0.424. The maximum absolute atomic E-state index is 11.6. The van der Waals surface area contributed by atoms with E-state index in [9.17, 15) is 4.79 Å². The van der Waals surface area contributed by atoms with E-state index >= 15 is 0 Å². The molecule has 0 aromatic carbocycles. The zero-order valence-corrected chi connectivity index (χ0v) is 12.1. The van der Waals surface area contributed by atoms with E-state index in [4.69, 9.17) is 15.2 Å². The predicted octanol–water partition coefficient (Wildman–Crippen LogP) is 0.729. The van der Waals surface area contributed by atoms with Gasteiger partial charge in [-0.15, -0.1) is 0 Å². The van der Waals surface area contributed by atoms with Gasteiger partial charge in [0.15, 0.2) is 5.69 Å². The van der Waals surface area contributed by atoms with E-state index in [1.54, 1.807) is 13.2 Å². The highest BCUT2D eigenvalue weighted by molar-refractivity contribution is 5.88. The highest BCUT2D eigenvalue weighted by atomic mass is 16.5. The minimum absolute atomic E-state index is 0.00111. The highest BCUT2D eigenvalue weighted by Gasteiger charge is 2.27. The monoisotopic (exact) mass is 279 g/mol. The van der Waals surface area contributed by atoms with E-state index in [0.29, 0.717) is 12.2 Å². The van der Waals surface area contributed by atoms with Crippen molar-refractivity contribution in [2.24, 2.45) is 5.73 Å². The van der Waals surface area contributed by atoms with Gasteiger partial charge in [-0.2, -0.15) is 0 Å². The Labute approximate surface area is 118 Å². The Bertz CT molecular complexity index is 493. The number of esters is 1. The van der Waals surface area contributed by atoms with Crippen LogP contribution in [0.2, 0.25) is 0 Å². The van der Waals surface area contributed by atoms with Crippen LogP contribution in [0.1, 0.15) is 22.6 Å². The van der Waals surface area contributed by atoms with Gasteiger partial charge in [0.25, 0.3) is 0 Å². The number of hydrogen-bond acceptors (Lipinski definition) is 6. The molecule has 1 aliphatic heterocycles. The molecule has 1 fully saturated rings. The molecule has 1 aliphatic rings. The van der Waals surface area contributed by atoms with Gasteiger partial charge in [-0.3, -0.25) is 0 Å². The lowest BCUT2D eigenvalue weighted by atomic mass is 10.0. The molecule has 20 heavy (non-hydrogen) atoms. The molecular formula is C14H21N3O3. The van der Waals surface area contributed by atoms with Crippen molar-refractivity contribution in [1.29, 1.82) is 0 Å². The topological polar surface area (TPSA) is 77.7 Å². The van der Waals surface area contributed by atoms with Gasteiger partial charge >= 0.3 is 5.97 Å². The van der Waals surface area contributed by atoms with Gasteiger partial charge in [0, 0.05) is 37.6 Å². The third-order valence-corrected chi connectivity index (χ3v) is 3.61. The van der Waals surface area contributed by atoms with Crippen LogP contribution in [-0.4, -0.2) is 50.4 Å². The third kappa shape index (κ3) is 3.08. The summed E-state index contributed by atoms with van der Waals surface area (Å²) >= 11 is 0. The molecule has 1 saturated heterocycles. The summed E-state index contributed by atoms with van der Waals surface area (Å²) in [7, 11) is 3.03. The lowest BCUT2D eigenvalue weighted by molar-refractivity contribution is 0.0593. The summed E-state index contributed by atoms with van der Waals surface area (Å²) in [4.78, 5) is 18.0. The molecule has 6 nitrogen and oxygen atoms in total. The first-order chi connectivity index (χ1) is 9.55. The van der Waals surface area contributed by atoms with E-state index in [1.807, 2.05) is 13.0 Å². The number of aryl methyl sites for hydroxylation is 1. The normalized spacial score (nSPS) is 22.7. The molecule has 1 aromatic heterocycles. The largest absolute Gasteiger partial charge is 0.464 e. The Hall–Kier alpha value is -1.66. The number of ether oxygens (including phenoxy) is 2. The van der Waals surface area contributed by atoms with Crippen LogP contribution < -0.4 is 10.6 Å². The molecule has 0 saturated carbocycles. The molecule has 0 unspecified atom stereocenters. The second-order valence-corrected chi connectivity index (χ2v) is 5.02. The number of anilines is 1. The highest BCUT2D eigenvalue weighted by Crippen LogP contribution is 2.22. The van der Waals surface area contributed by atoms with Gasteiger partial charge in [-0.1, -0.05) is 0 Å². The van der Waals surface area contributed by atoms with E-state index in [0.717, 1.165) is 24.3 Å². The Kier molecular flexibility index (Phi) is 4.57. The number of methoxy groups -OCH3 is 2. The van der Waals surface area contributed by atoms with Crippen LogP contribution in [0, 0.1) is 6.92 Å². The molecule has 2 atom stereocenters. The van der Waals surface area contributed by atoms with Gasteiger partial charge < -0.3 is 20.1 Å². The molecule has 1 aromatic rings. The molecule has 0 spiro atoms. The van der Waals surface area contributed by atoms with Gasteiger partial charge in [-0.25, -0.2) is 9.78 Å². The number of hydrogen-bond donors (Lipinski definition) is 1. The first-order valence-electron chi connectivity index (χ1n) is 6.65. The van der Waals surface area contributed by atoms with Crippen molar-refractivity contribution in [3.63, 3.8) is 0 Å². The number of pyridine rings is 1. The first kappa shape index (κ1) is 14.7. The maximum Gasteiger partial charge on any atom is 0.356 e. The van der Waals surface area contributed by atoms with Gasteiger partial charge in [0.2, 0.25) is 0 Å². The van der Waals surface area contributed by atoms with Crippen LogP contribution >= 0.6 is 0 Å². The minimum Gasteiger partial charge on any atom is -0.464 e. The maximum atomic E-state index is 11.6. The summed E-state index contributed by atoms with van der Waals surface area (Å²) in [6.45, 7) is 3.41.